The number of pyridine rings is 1. The molecule has 0 bridgehead atoms. The van der Waals surface area contributed by atoms with Gasteiger partial charge in [0.15, 0.2) is 0 Å². The summed E-state index contributed by atoms with van der Waals surface area (Å²) >= 11 is 0. The zero-order valence-corrected chi connectivity index (χ0v) is 19.2. The van der Waals surface area contributed by atoms with E-state index in [1.807, 2.05) is 31.2 Å². The molecule has 3 rings (SSSR count). The summed E-state index contributed by atoms with van der Waals surface area (Å²) in [5, 5.41) is 13.7. The molecule has 2 N–H and O–H groups in total. The highest BCUT2D eigenvalue weighted by Gasteiger charge is 2.18. The summed E-state index contributed by atoms with van der Waals surface area (Å²) in [4.78, 5) is 21.8. The summed E-state index contributed by atoms with van der Waals surface area (Å²) in [5.74, 6) is 0.238. The van der Waals surface area contributed by atoms with E-state index in [-0.39, 0.29) is 17.2 Å². The lowest BCUT2D eigenvalue weighted by Gasteiger charge is -2.18. The number of nitrogens with zero attached hydrogens (tertiary/aromatic N) is 3. The van der Waals surface area contributed by atoms with Crippen LogP contribution in [0.15, 0.2) is 41.5 Å². The number of rotatable bonds is 7. The maximum absolute atomic E-state index is 12.7. The Hall–Kier alpha value is -2.78. The summed E-state index contributed by atoms with van der Waals surface area (Å²) < 4.78 is 24.5. The van der Waals surface area contributed by atoms with Crippen LogP contribution < -0.4 is 10.9 Å². The molecule has 166 valence electrons. The third kappa shape index (κ3) is 5.48. The van der Waals surface area contributed by atoms with Crippen LogP contribution in [0.4, 0.5) is 5.82 Å². The number of aryl methyl sites for hydroxylation is 1. The highest BCUT2D eigenvalue weighted by atomic mass is 32.2. The van der Waals surface area contributed by atoms with Crippen LogP contribution in [0.25, 0.3) is 22.2 Å². The van der Waals surface area contributed by atoms with Crippen molar-refractivity contribution in [1.29, 1.82) is 0 Å². The van der Waals surface area contributed by atoms with Crippen molar-refractivity contribution < 1.29 is 13.5 Å². The standard InChI is InChI=1S/C22H28N4O4S/c1-14(12-31(5,29)30)11-23-20-19-18(24-13-26(4)21(19)27)10-17(25-20)15-6-8-16(9-7-15)22(2,3)28/h6-10,13-14,28H,11-12H2,1-5H3,(H,23,25)/t14-/m0/s1. The van der Waals surface area contributed by atoms with Gasteiger partial charge in [-0.15, -0.1) is 0 Å². The minimum Gasteiger partial charge on any atom is -0.386 e. The van der Waals surface area contributed by atoms with Crippen LogP contribution in [0.5, 0.6) is 0 Å². The molecule has 8 nitrogen and oxygen atoms in total. The number of hydrogen-bond donors (Lipinski definition) is 2. The Morgan fingerprint density at radius 3 is 2.45 bits per heavy atom. The maximum Gasteiger partial charge on any atom is 0.264 e. The predicted molar refractivity (Wildman–Crippen MR) is 123 cm³/mol. The number of benzene rings is 1. The number of anilines is 1. The van der Waals surface area contributed by atoms with Crippen molar-refractivity contribution in [2.75, 3.05) is 23.9 Å². The first kappa shape index (κ1) is 22.9. The van der Waals surface area contributed by atoms with Gasteiger partial charge in [0.05, 0.1) is 28.9 Å². The lowest BCUT2D eigenvalue weighted by Crippen LogP contribution is -2.23. The van der Waals surface area contributed by atoms with E-state index in [0.29, 0.717) is 29.0 Å². The van der Waals surface area contributed by atoms with Gasteiger partial charge in [-0.05, 0) is 31.4 Å². The molecule has 1 aromatic carbocycles. The van der Waals surface area contributed by atoms with Crippen molar-refractivity contribution in [3.8, 4) is 11.3 Å². The second-order valence-corrected chi connectivity index (χ2v) is 10.8. The highest BCUT2D eigenvalue weighted by Crippen LogP contribution is 2.27. The normalized spacial score (nSPS) is 13.4. The van der Waals surface area contributed by atoms with Gasteiger partial charge in [-0.25, -0.2) is 18.4 Å². The molecule has 0 saturated carbocycles. The molecular formula is C22H28N4O4S. The van der Waals surface area contributed by atoms with Gasteiger partial charge in [-0.2, -0.15) is 0 Å². The van der Waals surface area contributed by atoms with Crippen molar-refractivity contribution >= 4 is 26.6 Å². The van der Waals surface area contributed by atoms with E-state index in [9.17, 15) is 18.3 Å². The molecule has 0 saturated heterocycles. The Labute approximate surface area is 181 Å². The molecular weight excluding hydrogens is 416 g/mol. The van der Waals surface area contributed by atoms with Gasteiger partial charge in [0.2, 0.25) is 0 Å². The van der Waals surface area contributed by atoms with E-state index in [0.717, 1.165) is 11.1 Å². The quantitative estimate of drug-likeness (QED) is 0.575. The van der Waals surface area contributed by atoms with Crippen LogP contribution in [0.3, 0.4) is 0 Å². The van der Waals surface area contributed by atoms with Gasteiger partial charge in [0.25, 0.3) is 5.56 Å². The molecule has 3 aromatic rings. The predicted octanol–water partition coefficient (Wildman–Crippen LogP) is 2.32. The zero-order chi connectivity index (χ0) is 23.0. The molecule has 0 unspecified atom stereocenters. The summed E-state index contributed by atoms with van der Waals surface area (Å²) in [6.07, 6.45) is 2.66. The Bertz CT molecular complexity index is 1260. The molecule has 31 heavy (non-hydrogen) atoms. The van der Waals surface area contributed by atoms with Crippen molar-refractivity contribution in [2.24, 2.45) is 13.0 Å². The summed E-state index contributed by atoms with van der Waals surface area (Å²) in [7, 11) is -1.49. The summed E-state index contributed by atoms with van der Waals surface area (Å²) in [5.41, 5.74) is 1.51. The van der Waals surface area contributed by atoms with Crippen molar-refractivity contribution in [1.82, 2.24) is 14.5 Å². The van der Waals surface area contributed by atoms with Crippen LogP contribution in [-0.2, 0) is 22.5 Å². The molecule has 0 spiro atoms. The van der Waals surface area contributed by atoms with E-state index < -0.39 is 15.4 Å². The van der Waals surface area contributed by atoms with Crippen LogP contribution in [-0.4, -0.2) is 46.6 Å². The minimum atomic E-state index is -3.11. The van der Waals surface area contributed by atoms with Gasteiger partial charge >= 0.3 is 0 Å². The van der Waals surface area contributed by atoms with Crippen LogP contribution in [0.2, 0.25) is 0 Å². The van der Waals surface area contributed by atoms with E-state index in [1.54, 1.807) is 27.0 Å². The van der Waals surface area contributed by atoms with E-state index >= 15 is 0 Å². The van der Waals surface area contributed by atoms with Crippen molar-refractivity contribution in [2.45, 2.75) is 26.4 Å². The molecule has 0 fully saturated rings. The van der Waals surface area contributed by atoms with Crippen molar-refractivity contribution in [3.05, 3.63) is 52.6 Å². The molecule has 0 radical (unpaired) electrons. The second-order valence-electron chi connectivity index (χ2n) is 8.63. The number of sulfone groups is 1. The molecule has 2 aromatic heterocycles. The van der Waals surface area contributed by atoms with Crippen LogP contribution in [0, 0.1) is 5.92 Å². The average Bonchev–Trinajstić information content (AvgIpc) is 2.67. The SMILES string of the molecule is C[C@@H](CNc1nc(-c2ccc(C(C)(C)O)cc2)cc2ncn(C)c(=O)c12)CS(C)(=O)=O. The molecule has 9 heteroatoms. The molecule has 0 aliphatic rings. The topological polar surface area (TPSA) is 114 Å². The molecule has 1 atom stereocenters. The molecule has 0 amide bonds. The minimum absolute atomic E-state index is 0.0340. The lowest BCUT2D eigenvalue weighted by atomic mass is 9.96. The first-order valence-corrected chi connectivity index (χ1v) is 12.0. The molecule has 0 aliphatic heterocycles. The average molecular weight is 445 g/mol. The smallest absolute Gasteiger partial charge is 0.264 e. The van der Waals surface area contributed by atoms with E-state index in [1.165, 1.54) is 17.2 Å². The van der Waals surface area contributed by atoms with Gasteiger partial charge in [-0.3, -0.25) is 4.79 Å². The fourth-order valence-electron chi connectivity index (χ4n) is 3.39. The zero-order valence-electron chi connectivity index (χ0n) is 18.4. The maximum atomic E-state index is 12.7. The Morgan fingerprint density at radius 1 is 1.23 bits per heavy atom. The third-order valence-electron chi connectivity index (χ3n) is 5.00. The monoisotopic (exact) mass is 444 g/mol. The molecule has 2 heterocycles. The van der Waals surface area contributed by atoms with Crippen LogP contribution in [0.1, 0.15) is 26.3 Å². The summed E-state index contributed by atoms with van der Waals surface area (Å²) in [6.45, 7) is 5.60. The lowest BCUT2D eigenvalue weighted by molar-refractivity contribution is 0.0786. The van der Waals surface area contributed by atoms with Gasteiger partial charge in [-0.1, -0.05) is 31.2 Å². The van der Waals surface area contributed by atoms with Crippen LogP contribution >= 0.6 is 0 Å². The Morgan fingerprint density at radius 2 is 1.87 bits per heavy atom. The fourth-order valence-corrected chi connectivity index (χ4v) is 4.54. The third-order valence-corrected chi connectivity index (χ3v) is 6.17. The Kier molecular flexibility index (Phi) is 6.20. The molecule has 0 aliphatic carbocycles. The number of nitrogens with one attached hydrogen (secondary N) is 1. The number of aromatic nitrogens is 3. The van der Waals surface area contributed by atoms with E-state index in [4.69, 9.17) is 0 Å². The number of fused-ring (bicyclic) bond motifs is 1. The number of aliphatic hydroxyl groups is 1. The first-order valence-electron chi connectivity index (χ1n) is 9.96. The van der Waals surface area contributed by atoms with Crippen molar-refractivity contribution in [3.63, 3.8) is 0 Å². The highest BCUT2D eigenvalue weighted by molar-refractivity contribution is 7.90. The van der Waals surface area contributed by atoms with Gasteiger partial charge < -0.3 is 15.0 Å². The van der Waals surface area contributed by atoms with Gasteiger partial charge in [0, 0.05) is 25.4 Å². The Balaban J connectivity index is 2.05. The summed E-state index contributed by atoms with van der Waals surface area (Å²) in [6, 6.07) is 9.14. The number of hydrogen-bond acceptors (Lipinski definition) is 7. The largest absolute Gasteiger partial charge is 0.386 e. The first-order chi connectivity index (χ1) is 14.3. The fraction of sp³-hybridized carbons (Fsp3) is 0.409. The van der Waals surface area contributed by atoms with E-state index in [2.05, 4.69) is 15.3 Å². The second kappa shape index (κ2) is 8.39. The van der Waals surface area contributed by atoms with Gasteiger partial charge in [0.1, 0.15) is 21.0 Å².